The highest BCUT2D eigenvalue weighted by Crippen LogP contribution is 2.58. The van der Waals surface area contributed by atoms with Gasteiger partial charge in [-0.15, -0.1) is 0 Å². The molecular weight excluding hydrogens is 466 g/mol. The third-order valence-corrected chi connectivity index (χ3v) is 11.0. The van der Waals surface area contributed by atoms with E-state index in [1.807, 2.05) is 12.1 Å². The van der Waals surface area contributed by atoms with Gasteiger partial charge in [0.2, 0.25) is 11.8 Å². The molecule has 2 aromatic rings. The first kappa shape index (κ1) is 23.8. The van der Waals surface area contributed by atoms with E-state index >= 15 is 0 Å². The smallest absolute Gasteiger partial charge is 0.233 e. The number of carbonyl (C=O) groups excluding carboxylic acids is 2. The Kier molecular flexibility index (Phi) is 5.92. The summed E-state index contributed by atoms with van der Waals surface area (Å²) in [5.74, 6) is 1.27. The fraction of sp³-hybridized carbons (Fsp3) is 0.700. The zero-order chi connectivity index (χ0) is 25.3. The molecular formula is C30H39N3O4. The van der Waals surface area contributed by atoms with Gasteiger partial charge in [0.15, 0.2) is 5.58 Å². The highest BCUT2D eigenvalue weighted by atomic mass is 16.5. The Labute approximate surface area is 218 Å². The average molecular weight is 506 g/mol. The number of fused-ring (bicyclic) bond motifs is 6. The summed E-state index contributed by atoms with van der Waals surface area (Å²) in [7, 11) is 0. The summed E-state index contributed by atoms with van der Waals surface area (Å²) in [5.41, 5.74) is 1.98. The maximum Gasteiger partial charge on any atom is 0.233 e. The fourth-order valence-electron chi connectivity index (χ4n) is 8.92. The van der Waals surface area contributed by atoms with E-state index in [0.29, 0.717) is 24.3 Å². The molecule has 1 aromatic heterocycles. The number of benzene rings is 1. The molecule has 2 bridgehead atoms. The zero-order valence-corrected chi connectivity index (χ0v) is 21.8. The number of likely N-dealkylation sites (tertiary alicyclic amines) is 2. The van der Waals surface area contributed by atoms with Crippen LogP contribution in [0.4, 0.5) is 0 Å². The Hall–Kier alpha value is -2.25. The van der Waals surface area contributed by atoms with Gasteiger partial charge in [-0.1, -0.05) is 37.1 Å². The van der Waals surface area contributed by atoms with Crippen molar-refractivity contribution in [2.45, 2.75) is 63.9 Å². The SMILES string of the molecule is CC1C(O)C2CC1C1C(=O)N(C[C@H]3CCCC[C@@H]3CN3CCC(c4noc5ccccc45)CC3)C(=O)C21. The highest BCUT2D eigenvalue weighted by molar-refractivity contribution is 6.06. The van der Waals surface area contributed by atoms with Crippen LogP contribution in [0.15, 0.2) is 28.8 Å². The molecule has 5 fully saturated rings. The number of imide groups is 1. The molecule has 1 N–H and O–H groups in total. The molecule has 0 spiro atoms. The molecule has 7 nitrogen and oxygen atoms in total. The number of aliphatic hydroxyl groups excluding tert-OH is 1. The first-order valence-corrected chi connectivity index (χ1v) is 14.6. The molecule has 2 amide bonds. The number of para-hydroxylation sites is 1. The number of aliphatic hydroxyl groups is 1. The Morgan fingerprint density at radius 1 is 0.946 bits per heavy atom. The predicted molar refractivity (Wildman–Crippen MR) is 138 cm³/mol. The van der Waals surface area contributed by atoms with Crippen LogP contribution in [0.3, 0.4) is 0 Å². The minimum absolute atomic E-state index is 0.0124. The summed E-state index contributed by atoms with van der Waals surface area (Å²) in [6, 6.07) is 8.14. The third-order valence-electron chi connectivity index (χ3n) is 11.0. The van der Waals surface area contributed by atoms with Crippen LogP contribution in [-0.4, -0.2) is 64.2 Å². The fourth-order valence-corrected chi connectivity index (χ4v) is 8.92. The van der Waals surface area contributed by atoms with Gasteiger partial charge < -0.3 is 14.5 Å². The van der Waals surface area contributed by atoms with E-state index in [1.165, 1.54) is 19.3 Å². The molecule has 1 aromatic carbocycles. The number of hydrogen-bond donors (Lipinski definition) is 1. The van der Waals surface area contributed by atoms with Gasteiger partial charge in [0, 0.05) is 24.4 Å². The quantitative estimate of drug-likeness (QED) is 0.617. The van der Waals surface area contributed by atoms with Crippen molar-refractivity contribution in [3.05, 3.63) is 30.0 Å². The van der Waals surface area contributed by atoms with Crippen LogP contribution in [-0.2, 0) is 9.59 Å². The lowest BCUT2D eigenvalue weighted by molar-refractivity contribution is -0.142. The summed E-state index contributed by atoms with van der Waals surface area (Å²) in [6.45, 7) is 5.80. The number of hydrogen-bond acceptors (Lipinski definition) is 6. The summed E-state index contributed by atoms with van der Waals surface area (Å²) in [4.78, 5) is 31.1. The van der Waals surface area contributed by atoms with Crippen molar-refractivity contribution in [3.63, 3.8) is 0 Å². The minimum Gasteiger partial charge on any atom is -0.393 e. The number of carbonyl (C=O) groups is 2. The third kappa shape index (κ3) is 3.79. The monoisotopic (exact) mass is 505 g/mol. The summed E-state index contributed by atoms with van der Waals surface area (Å²) >= 11 is 0. The van der Waals surface area contributed by atoms with Crippen molar-refractivity contribution in [1.82, 2.24) is 15.0 Å². The summed E-state index contributed by atoms with van der Waals surface area (Å²) < 4.78 is 5.56. The van der Waals surface area contributed by atoms with E-state index in [1.54, 1.807) is 4.90 Å². The lowest BCUT2D eigenvalue weighted by Crippen LogP contribution is -2.44. The van der Waals surface area contributed by atoms with Crippen LogP contribution in [0.2, 0.25) is 0 Å². The van der Waals surface area contributed by atoms with Gasteiger partial charge in [0.05, 0.1) is 23.6 Å². The Morgan fingerprint density at radius 2 is 1.62 bits per heavy atom. The molecule has 7 rings (SSSR count). The van der Waals surface area contributed by atoms with Crippen molar-refractivity contribution < 1.29 is 19.2 Å². The predicted octanol–water partition coefficient (Wildman–Crippen LogP) is 4.06. The van der Waals surface area contributed by atoms with Crippen molar-refractivity contribution in [2.24, 2.45) is 41.4 Å². The molecule has 3 aliphatic carbocycles. The van der Waals surface area contributed by atoms with Gasteiger partial charge in [-0.05, 0) is 86.9 Å². The molecule has 2 aliphatic heterocycles. The maximum absolute atomic E-state index is 13.5. The van der Waals surface area contributed by atoms with E-state index in [2.05, 4.69) is 29.1 Å². The molecule has 7 heteroatoms. The van der Waals surface area contributed by atoms with Gasteiger partial charge in [0.1, 0.15) is 0 Å². The summed E-state index contributed by atoms with van der Waals surface area (Å²) in [6.07, 6.45) is 7.30. The van der Waals surface area contributed by atoms with Gasteiger partial charge in [0.25, 0.3) is 0 Å². The largest absolute Gasteiger partial charge is 0.393 e. The molecule has 3 heterocycles. The number of nitrogens with zero attached hydrogens (tertiary/aromatic N) is 3. The molecule has 2 saturated heterocycles. The van der Waals surface area contributed by atoms with E-state index in [-0.39, 0.29) is 41.4 Å². The van der Waals surface area contributed by atoms with E-state index in [9.17, 15) is 14.7 Å². The first-order chi connectivity index (χ1) is 18.0. The second-order valence-electron chi connectivity index (χ2n) is 12.7. The maximum atomic E-state index is 13.5. The van der Waals surface area contributed by atoms with E-state index < -0.39 is 6.10 Å². The molecule has 6 unspecified atom stereocenters. The van der Waals surface area contributed by atoms with Crippen molar-refractivity contribution in [1.29, 1.82) is 0 Å². The lowest BCUT2D eigenvalue weighted by Gasteiger charge is -2.39. The standard InChI is InChI=1S/C30H39N3O4/c1-17-22-14-23(28(17)34)26-25(22)29(35)33(30(26)36)16-20-7-3-2-6-19(20)15-32-12-10-18(11-13-32)27-21-8-4-5-9-24(21)37-31-27/h4-5,8-9,17-20,22-23,25-26,28,34H,2-3,6-7,10-16H2,1H3/t17?,19-,20-,22?,23?,25?,26?,28?/m1/s1. The molecule has 0 radical (unpaired) electrons. The van der Waals surface area contributed by atoms with Crippen LogP contribution < -0.4 is 0 Å². The van der Waals surface area contributed by atoms with Crippen molar-refractivity contribution in [2.75, 3.05) is 26.2 Å². The second-order valence-corrected chi connectivity index (χ2v) is 12.7. The lowest BCUT2D eigenvalue weighted by atomic mass is 9.74. The van der Waals surface area contributed by atoms with E-state index in [0.717, 1.165) is 62.0 Å². The topological polar surface area (TPSA) is 86.9 Å². The highest BCUT2D eigenvalue weighted by Gasteiger charge is 2.66. The average Bonchev–Trinajstić information content (AvgIpc) is 3.65. The number of aromatic nitrogens is 1. The molecule has 8 atom stereocenters. The molecule has 3 saturated carbocycles. The van der Waals surface area contributed by atoms with Gasteiger partial charge in [-0.25, -0.2) is 0 Å². The van der Waals surface area contributed by atoms with Gasteiger partial charge in [-0.3, -0.25) is 14.5 Å². The van der Waals surface area contributed by atoms with Gasteiger partial charge >= 0.3 is 0 Å². The number of amides is 2. The second kappa shape index (κ2) is 9.19. The normalized spacial score (nSPS) is 38.7. The molecule has 198 valence electrons. The summed E-state index contributed by atoms with van der Waals surface area (Å²) in [5, 5.41) is 16.2. The van der Waals surface area contributed by atoms with Crippen LogP contribution in [0.25, 0.3) is 11.0 Å². The molecule has 37 heavy (non-hydrogen) atoms. The molecule has 5 aliphatic rings. The van der Waals surface area contributed by atoms with Crippen LogP contribution >= 0.6 is 0 Å². The van der Waals surface area contributed by atoms with Gasteiger partial charge in [-0.2, -0.15) is 0 Å². The minimum atomic E-state index is -0.427. The Bertz CT molecular complexity index is 1150. The zero-order valence-electron chi connectivity index (χ0n) is 21.8. The van der Waals surface area contributed by atoms with Crippen molar-refractivity contribution >= 4 is 22.8 Å². The first-order valence-electron chi connectivity index (χ1n) is 14.6. The number of piperidine rings is 1. The van der Waals surface area contributed by atoms with Crippen LogP contribution in [0.5, 0.6) is 0 Å². The Balaban J connectivity index is 0.991. The van der Waals surface area contributed by atoms with Crippen LogP contribution in [0.1, 0.15) is 63.5 Å². The van der Waals surface area contributed by atoms with E-state index in [4.69, 9.17) is 4.52 Å². The number of rotatable bonds is 5. The van der Waals surface area contributed by atoms with Crippen molar-refractivity contribution in [3.8, 4) is 0 Å². The Morgan fingerprint density at radius 3 is 2.38 bits per heavy atom. The van der Waals surface area contributed by atoms with Crippen LogP contribution in [0, 0.1) is 41.4 Å².